The summed E-state index contributed by atoms with van der Waals surface area (Å²) in [6.07, 6.45) is 3.71. The lowest BCUT2D eigenvalue weighted by molar-refractivity contribution is -0.175. The van der Waals surface area contributed by atoms with Gasteiger partial charge in [0.1, 0.15) is 6.10 Å². The van der Waals surface area contributed by atoms with Gasteiger partial charge in [0.15, 0.2) is 0 Å². The number of rotatable bonds is 6. The maximum Gasteiger partial charge on any atom is 0.306 e. The van der Waals surface area contributed by atoms with E-state index in [1.54, 1.807) is 0 Å². The van der Waals surface area contributed by atoms with Crippen molar-refractivity contribution in [3.63, 3.8) is 0 Å². The van der Waals surface area contributed by atoms with Crippen LogP contribution in [0.2, 0.25) is 0 Å². The molecule has 4 fully saturated rings. The van der Waals surface area contributed by atoms with Gasteiger partial charge in [0, 0.05) is 18.3 Å². The summed E-state index contributed by atoms with van der Waals surface area (Å²) in [7, 11) is 0. The monoisotopic (exact) mass is 480 g/mol. The van der Waals surface area contributed by atoms with Crippen molar-refractivity contribution in [1.29, 1.82) is 0 Å². The molecule has 4 rings (SSSR count). The first-order valence-corrected chi connectivity index (χ1v) is 13.9. The van der Waals surface area contributed by atoms with Crippen LogP contribution in [0.5, 0.6) is 0 Å². The molecule has 4 N–H and O–H groups in total. The molecule has 0 spiro atoms. The second kappa shape index (κ2) is 9.64. The van der Waals surface area contributed by atoms with Crippen molar-refractivity contribution in [1.82, 2.24) is 0 Å². The molecule has 1 saturated heterocycles. The summed E-state index contributed by atoms with van der Waals surface area (Å²) in [5, 5.41) is 42.8. The van der Waals surface area contributed by atoms with Gasteiger partial charge in [-0.05, 0) is 79.4 Å². The molecule has 4 unspecified atom stereocenters. The molecule has 34 heavy (non-hydrogen) atoms. The van der Waals surface area contributed by atoms with E-state index in [4.69, 9.17) is 4.74 Å². The molecule has 6 heteroatoms. The molecule has 6 nitrogen and oxygen atoms in total. The van der Waals surface area contributed by atoms with E-state index >= 15 is 0 Å². The summed E-state index contributed by atoms with van der Waals surface area (Å²) in [6, 6.07) is 0. The first kappa shape index (κ1) is 26.4. The van der Waals surface area contributed by atoms with Gasteiger partial charge in [0.05, 0.1) is 24.4 Å². The number of ether oxygens (including phenoxy) is 1. The molecule has 0 radical (unpaired) electrons. The summed E-state index contributed by atoms with van der Waals surface area (Å²) in [6.45, 7) is 10.8. The Hall–Kier alpha value is -0.690. The number of aliphatic hydroxyl groups is 4. The molecule has 4 aliphatic rings. The zero-order chi connectivity index (χ0) is 25.0. The van der Waals surface area contributed by atoms with Gasteiger partial charge < -0.3 is 25.2 Å². The van der Waals surface area contributed by atoms with E-state index in [-0.39, 0.29) is 46.6 Å². The Kier molecular flexibility index (Phi) is 7.48. The second-order valence-corrected chi connectivity index (χ2v) is 13.0. The van der Waals surface area contributed by atoms with Crippen LogP contribution in [0.3, 0.4) is 0 Å². The minimum absolute atomic E-state index is 0.00595. The molecule has 0 amide bonds. The molecule has 0 aromatic heterocycles. The molecule has 1 heterocycles. The number of carbonyl (C=O) groups is 1. The first-order chi connectivity index (χ1) is 15.9. The van der Waals surface area contributed by atoms with E-state index in [1.165, 1.54) is 0 Å². The predicted molar refractivity (Wildman–Crippen MR) is 130 cm³/mol. The third-order valence-electron chi connectivity index (χ3n) is 11.2. The number of esters is 1. The Morgan fingerprint density at radius 3 is 2.35 bits per heavy atom. The average molecular weight is 481 g/mol. The molecular formula is C28H48O6. The van der Waals surface area contributed by atoms with E-state index < -0.39 is 24.4 Å². The van der Waals surface area contributed by atoms with Crippen molar-refractivity contribution in [3.05, 3.63) is 0 Å². The normalized spacial score (nSPS) is 47.9. The number of fused-ring (bicyclic) bond motifs is 5. The van der Waals surface area contributed by atoms with Crippen LogP contribution in [-0.2, 0) is 9.53 Å². The van der Waals surface area contributed by atoms with Gasteiger partial charge in [-0.15, -0.1) is 0 Å². The van der Waals surface area contributed by atoms with E-state index in [9.17, 15) is 25.2 Å². The molecule has 196 valence electrons. The quantitative estimate of drug-likeness (QED) is 0.432. The maximum atomic E-state index is 12.9. The molecule has 3 saturated carbocycles. The fraction of sp³-hybridized carbons (Fsp3) is 0.964. The van der Waals surface area contributed by atoms with Gasteiger partial charge in [0.25, 0.3) is 0 Å². The molecule has 13 atom stereocenters. The zero-order valence-corrected chi connectivity index (χ0v) is 21.8. The van der Waals surface area contributed by atoms with Gasteiger partial charge >= 0.3 is 5.97 Å². The van der Waals surface area contributed by atoms with E-state index in [0.717, 1.165) is 38.5 Å². The largest absolute Gasteiger partial charge is 0.462 e. The van der Waals surface area contributed by atoms with Crippen molar-refractivity contribution in [3.8, 4) is 0 Å². The molecule has 0 aromatic rings. The van der Waals surface area contributed by atoms with Crippen molar-refractivity contribution in [2.24, 2.45) is 46.3 Å². The van der Waals surface area contributed by atoms with E-state index in [0.29, 0.717) is 31.1 Å². The zero-order valence-electron chi connectivity index (χ0n) is 21.8. The smallest absolute Gasteiger partial charge is 0.306 e. The van der Waals surface area contributed by atoms with Crippen molar-refractivity contribution in [2.45, 2.75) is 123 Å². The minimum Gasteiger partial charge on any atom is -0.462 e. The Bertz CT molecular complexity index is 742. The Morgan fingerprint density at radius 1 is 1.00 bits per heavy atom. The van der Waals surface area contributed by atoms with E-state index in [1.807, 2.05) is 6.92 Å². The predicted octanol–water partition coefficient (Wildman–Crippen LogP) is 3.68. The highest BCUT2D eigenvalue weighted by Gasteiger charge is 2.62. The van der Waals surface area contributed by atoms with E-state index in [2.05, 4.69) is 27.7 Å². The van der Waals surface area contributed by atoms with Crippen molar-refractivity contribution in [2.75, 3.05) is 0 Å². The average Bonchev–Trinajstić information content (AvgIpc) is 3.08. The van der Waals surface area contributed by atoms with Gasteiger partial charge in [-0.3, -0.25) is 4.79 Å². The van der Waals surface area contributed by atoms with Crippen LogP contribution in [0, 0.1) is 46.3 Å². The van der Waals surface area contributed by atoms with Gasteiger partial charge in [-0.2, -0.15) is 0 Å². The minimum atomic E-state index is -0.837. The molecule has 0 bridgehead atoms. The van der Waals surface area contributed by atoms with Crippen LogP contribution in [-0.4, -0.2) is 56.9 Å². The van der Waals surface area contributed by atoms with Gasteiger partial charge in [-0.25, -0.2) is 0 Å². The van der Waals surface area contributed by atoms with Crippen molar-refractivity contribution >= 4 is 5.97 Å². The van der Waals surface area contributed by atoms with Crippen molar-refractivity contribution < 1.29 is 30.0 Å². The Labute approximate surface area is 205 Å². The molecular weight excluding hydrogens is 432 g/mol. The molecule has 3 aliphatic carbocycles. The lowest BCUT2D eigenvalue weighted by atomic mass is 9.49. The van der Waals surface area contributed by atoms with Crippen LogP contribution >= 0.6 is 0 Å². The topological polar surface area (TPSA) is 107 Å². The highest BCUT2D eigenvalue weighted by atomic mass is 16.5. The number of hydrogen-bond donors (Lipinski definition) is 4. The summed E-state index contributed by atoms with van der Waals surface area (Å²) in [4.78, 5) is 12.9. The lowest BCUT2D eigenvalue weighted by Crippen LogP contribution is -2.55. The second-order valence-electron chi connectivity index (χ2n) is 13.0. The standard InChI is InChI=1S/C28H48O6/c1-6-7-15(2)25(32)26(33)16(3)18-8-9-19-17-12-24(31)34-23-13-21(29)22(30)14-28(23,5)20(17)10-11-27(18,19)4/h15-23,25-26,29-30,32-33H,6-14H2,1-5H3/t15-,16-,17?,18+,19?,20?,21-,22+,23?,25+,26+,27+,28+/m0/s1. The number of hydrogen-bond acceptors (Lipinski definition) is 6. The molecule has 0 aromatic carbocycles. The first-order valence-electron chi connectivity index (χ1n) is 13.9. The van der Waals surface area contributed by atoms with Crippen LogP contribution in [0.1, 0.15) is 92.4 Å². The fourth-order valence-corrected chi connectivity index (χ4v) is 9.14. The third-order valence-corrected chi connectivity index (χ3v) is 11.2. The number of carbonyl (C=O) groups excluding carboxylic acids is 1. The van der Waals surface area contributed by atoms with Gasteiger partial charge in [0.2, 0.25) is 0 Å². The molecule has 1 aliphatic heterocycles. The van der Waals surface area contributed by atoms with Crippen LogP contribution in [0.25, 0.3) is 0 Å². The number of aliphatic hydroxyl groups excluding tert-OH is 4. The summed E-state index contributed by atoms with van der Waals surface area (Å²) in [5.74, 6) is 1.04. The van der Waals surface area contributed by atoms with Crippen LogP contribution in [0.4, 0.5) is 0 Å². The SMILES string of the molecule is CCC[C@H](C)[C@@H](O)[C@H](O)[C@@H](C)[C@H]1CCC2C3CC(=O)OC4C[C@H](O)[C@H](O)C[C@]4(C)C3CC[C@@]21C. The van der Waals surface area contributed by atoms with Gasteiger partial charge in [-0.1, -0.05) is 41.0 Å². The summed E-state index contributed by atoms with van der Waals surface area (Å²) in [5.41, 5.74) is -0.315. The Morgan fingerprint density at radius 2 is 1.68 bits per heavy atom. The maximum absolute atomic E-state index is 12.9. The summed E-state index contributed by atoms with van der Waals surface area (Å²) < 4.78 is 5.92. The highest BCUT2D eigenvalue weighted by molar-refractivity contribution is 5.70. The summed E-state index contributed by atoms with van der Waals surface area (Å²) >= 11 is 0. The highest BCUT2D eigenvalue weighted by Crippen LogP contribution is 2.66. The third kappa shape index (κ3) is 4.25. The lowest BCUT2D eigenvalue weighted by Gasteiger charge is -2.56. The fourth-order valence-electron chi connectivity index (χ4n) is 9.14. The van der Waals surface area contributed by atoms with Crippen LogP contribution in [0.15, 0.2) is 0 Å². The Balaban J connectivity index is 1.57. The van der Waals surface area contributed by atoms with Crippen LogP contribution < -0.4 is 0 Å².